The molecule has 1 aliphatic heterocycles. The van der Waals surface area contributed by atoms with Crippen molar-refractivity contribution in [3.8, 4) is 0 Å². The first-order chi connectivity index (χ1) is 11.1. The van der Waals surface area contributed by atoms with Crippen molar-refractivity contribution in [2.45, 2.75) is 38.3 Å². The van der Waals surface area contributed by atoms with Crippen LogP contribution in [0.2, 0.25) is 5.02 Å². The summed E-state index contributed by atoms with van der Waals surface area (Å²) in [6, 6.07) is 2.70. The van der Waals surface area contributed by atoms with Crippen LogP contribution in [0.25, 0.3) is 0 Å². The summed E-state index contributed by atoms with van der Waals surface area (Å²) in [5.74, 6) is -1.26. The summed E-state index contributed by atoms with van der Waals surface area (Å²) in [5, 5.41) is 11.6. The summed E-state index contributed by atoms with van der Waals surface area (Å²) in [6.07, 6.45) is 2.25. The van der Waals surface area contributed by atoms with Crippen molar-refractivity contribution >= 4 is 17.7 Å². The number of nitrogens with zero attached hydrogens (tertiary/aromatic N) is 2. The number of benzene rings is 1. The van der Waals surface area contributed by atoms with Crippen LogP contribution in [0.4, 0.5) is 9.18 Å². The van der Waals surface area contributed by atoms with Gasteiger partial charge in [0.2, 0.25) is 6.04 Å². The van der Waals surface area contributed by atoms with Crippen LogP contribution >= 0.6 is 11.6 Å². The number of halogens is 2. The van der Waals surface area contributed by atoms with Gasteiger partial charge in [0.1, 0.15) is 11.4 Å². The van der Waals surface area contributed by atoms with Gasteiger partial charge in [-0.3, -0.25) is 15.0 Å². The molecule has 0 radical (unpaired) electrons. The molecule has 24 heavy (non-hydrogen) atoms. The lowest BCUT2D eigenvalue weighted by Gasteiger charge is -2.30. The predicted molar refractivity (Wildman–Crippen MR) is 87.0 cm³/mol. The number of rotatable bonds is 2. The molecule has 0 spiro atoms. The van der Waals surface area contributed by atoms with Crippen LogP contribution < -0.4 is 0 Å². The Morgan fingerprint density at radius 3 is 2.62 bits per heavy atom. The molecule has 8 heteroatoms. The molecule has 130 valence electrons. The smallest absolute Gasteiger partial charge is 0.414 e. The van der Waals surface area contributed by atoms with Gasteiger partial charge in [0.05, 0.1) is 12.5 Å². The SMILES string of the molecule is CC(C)(C)OC(=O)N1C=C[C@@H](c2cc(F)cc(Cl)c2)[C@H]([N+](=O)[O-])C1. The Labute approximate surface area is 144 Å². The van der Waals surface area contributed by atoms with E-state index in [-0.39, 0.29) is 11.6 Å². The molecule has 1 heterocycles. The normalized spacial score (nSPS) is 20.8. The third kappa shape index (κ3) is 4.44. The first kappa shape index (κ1) is 18.2. The quantitative estimate of drug-likeness (QED) is 0.593. The lowest BCUT2D eigenvalue weighted by Crippen LogP contribution is -2.45. The summed E-state index contributed by atoms with van der Waals surface area (Å²) in [4.78, 5) is 24.2. The lowest BCUT2D eigenvalue weighted by molar-refractivity contribution is -0.525. The molecule has 2 rings (SSSR count). The molecule has 0 aromatic heterocycles. The molecule has 0 unspecified atom stereocenters. The minimum atomic E-state index is -1.12. The minimum Gasteiger partial charge on any atom is -0.443 e. The van der Waals surface area contributed by atoms with E-state index in [0.717, 1.165) is 11.0 Å². The monoisotopic (exact) mass is 356 g/mol. The van der Waals surface area contributed by atoms with Gasteiger partial charge in [0.15, 0.2) is 0 Å². The van der Waals surface area contributed by atoms with Gasteiger partial charge in [-0.25, -0.2) is 9.18 Å². The third-order valence-electron chi connectivity index (χ3n) is 3.44. The van der Waals surface area contributed by atoms with E-state index in [1.165, 1.54) is 24.4 Å². The fourth-order valence-electron chi connectivity index (χ4n) is 2.46. The summed E-state index contributed by atoms with van der Waals surface area (Å²) in [5.41, 5.74) is -0.316. The molecule has 0 bridgehead atoms. The number of nitro groups is 1. The van der Waals surface area contributed by atoms with Gasteiger partial charge in [-0.05, 0) is 44.5 Å². The largest absolute Gasteiger partial charge is 0.443 e. The van der Waals surface area contributed by atoms with Crippen LogP contribution in [0.15, 0.2) is 30.5 Å². The molecule has 1 aromatic rings. The van der Waals surface area contributed by atoms with E-state index in [4.69, 9.17) is 16.3 Å². The highest BCUT2D eigenvalue weighted by Crippen LogP contribution is 2.30. The van der Waals surface area contributed by atoms with Crippen molar-refractivity contribution < 1.29 is 18.8 Å². The van der Waals surface area contributed by atoms with Gasteiger partial charge in [0.25, 0.3) is 0 Å². The molecule has 0 fully saturated rings. The highest BCUT2D eigenvalue weighted by atomic mass is 35.5. The van der Waals surface area contributed by atoms with E-state index in [2.05, 4.69) is 0 Å². The Kier molecular flexibility index (Phi) is 5.13. The van der Waals surface area contributed by atoms with E-state index in [9.17, 15) is 19.3 Å². The zero-order valence-electron chi connectivity index (χ0n) is 13.5. The zero-order valence-corrected chi connectivity index (χ0v) is 14.3. The molecule has 6 nitrogen and oxygen atoms in total. The molecule has 0 saturated carbocycles. The molecular weight excluding hydrogens is 339 g/mol. The maximum absolute atomic E-state index is 13.5. The van der Waals surface area contributed by atoms with Crippen molar-refractivity contribution in [1.29, 1.82) is 0 Å². The van der Waals surface area contributed by atoms with E-state index >= 15 is 0 Å². The van der Waals surface area contributed by atoms with Crippen LogP contribution in [0, 0.1) is 15.9 Å². The van der Waals surface area contributed by atoms with Crippen molar-refractivity contribution in [2.75, 3.05) is 6.54 Å². The average Bonchev–Trinajstić information content (AvgIpc) is 2.43. The highest BCUT2D eigenvalue weighted by molar-refractivity contribution is 6.30. The van der Waals surface area contributed by atoms with E-state index in [0.29, 0.717) is 5.56 Å². The first-order valence-corrected chi connectivity index (χ1v) is 7.72. The molecule has 1 aliphatic rings. The Morgan fingerprint density at radius 1 is 1.42 bits per heavy atom. The average molecular weight is 357 g/mol. The minimum absolute atomic E-state index is 0.162. The lowest BCUT2D eigenvalue weighted by atomic mass is 9.89. The van der Waals surface area contributed by atoms with Gasteiger partial charge < -0.3 is 4.74 Å². The number of ether oxygens (including phenoxy) is 1. The Hall–Kier alpha value is -2.15. The van der Waals surface area contributed by atoms with Crippen LogP contribution in [-0.2, 0) is 4.74 Å². The van der Waals surface area contributed by atoms with Crippen LogP contribution in [-0.4, -0.2) is 34.1 Å². The second kappa shape index (κ2) is 6.76. The van der Waals surface area contributed by atoms with E-state index in [1.54, 1.807) is 20.8 Å². The number of carbonyl (C=O) groups excluding carboxylic acids is 1. The van der Waals surface area contributed by atoms with Gasteiger partial charge in [-0.2, -0.15) is 0 Å². The number of carbonyl (C=O) groups is 1. The first-order valence-electron chi connectivity index (χ1n) is 7.34. The van der Waals surface area contributed by atoms with E-state index < -0.39 is 34.4 Å². The Bertz CT molecular complexity index is 667. The van der Waals surface area contributed by atoms with Crippen molar-refractivity contribution in [1.82, 2.24) is 4.90 Å². The molecule has 0 N–H and O–H groups in total. The maximum Gasteiger partial charge on any atom is 0.414 e. The number of amides is 1. The van der Waals surface area contributed by atoms with Crippen molar-refractivity contribution in [3.05, 3.63) is 57.0 Å². The molecule has 1 aromatic carbocycles. The molecule has 0 saturated heterocycles. The summed E-state index contributed by atoms with van der Waals surface area (Å²) in [6.45, 7) is 4.96. The standard InChI is InChI=1S/C16H18ClFN2O4/c1-16(2,3)24-15(21)19-5-4-13(14(9-19)20(22)23)10-6-11(17)8-12(18)7-10/h4-8,13-14H,9H2,1-3H3/t13-,14+/m0/s1. The van der Waals surface area contributed by atoms with Crippen LogP contribution in [0.5, 0.6) is 0 Å². The summed E-state index contributed by atoms with van der Waals surface area (Å²) in [7, 11) is 0. The fourth-order valence-corrected chi connectivity index (χ4v) is 2.69. The van der Waals surface area contributed by atoms with Crippen LogP contribution in [0.1, 0.15) is 32.3 Å². The molecular formula is C16H18ClFN2O4. The Morgan fingerprint density at radius 2 is 2.08 bits per heavy atom. The summed E-state index contributed by atoms with van der Waals surface area (Å²) < 4.78 is 18.8. The molecule has 0 aliphatic carbocycles. The van der Waals surface area contributed by atoms with Crippen LogP contribution in [0.3, 0.4) is 0 Å². The Balaban J connectivity index is 2.29. The van der Waals surface area contributed by atoms with Crippen molar-refractivity contribution in [2.24, 2.45) is 0 Å². The van der Waals surface area contributed by atoms with Crippen molar-refractivity contribution in [3.63, 3.8) is 0 Å². The molecule has 1 amide bonds. The van der Waals surface area contributed by atoms with Gasteiger partial charge in [-0.1, -0.05) is 17.7 Å². The topological polar surface area (TPSA) is 72.7 Å². The maximum atomic E-state index is 13.5. The predicted octanol–water partition coefficient (Wildman–Crippen LogP) is 3.97. The van der Waals surface area contributed by atoms with Gasteiger partial charge in [-0.15, -0.1) is 0 Å². The van der Waals surface area contributed by atoms with E-state index in [1.807, 2.05) is 0 Å². The van der Waals surface area contributed by atoms with Gasteiger partial charge in [0, 0.05) is 16.1 Å². The second-order valence-electron chi connectivity index (χ2n) is 6.56. The fraction of sp³-hybridized carbons (Fsp3) is 0.438. The molecule has 2 atom stereocenters. The third-order valence-corrected chi connectivity index (χ3v) is 3.66. The summed E-state index contributed by atoms with van der Waals surface area (Å²) >= 11 is 5.83. The second-order valence-corrected chi connectivity index (χ2v) is 6.99. The highest BCUT2D eigenvalue weighted by Gasteiger charge is 2.38. The number of hydrogen-bond donors (Lipinski definition) is 0. The zero-order chi connectivity index (χ0) is 18.1. The van der Waals surface area contributed by atoms with Gasteiger partial charge >= 0.3 is 6.09 Å². The number of hydrogen-bond acceptors (Lipinski definition) is 4.